The zero-order valence-corrected chi connectivity index (χ0v) is 14.0. The SMILES string of the molecule is CCN(CC)c1ccc(/C=C(/C#N)C(=O)NC2CCCCC2)o1. The van der Waals surface area contributed by atoms with Gasteiger partial charge in [0.25, 0.3) is 5.91 Å². The van der Waals surface area contributed by atoms with Gasteiger partial charge in [0.15, 0.2) is 5.88 Å². The van der Waals surface area contributed by atoms with Gasteiger partial charge in [-0.25, -0.2) is 0 Å². The average molecular weight is 315 g/mol. The molecule has 1 aliphatic rings. The minimum absolute atomic E-state index is 0.0935. The van der Waals surface area contributed by atoms with Crippen LogP contribution in [0.15, 0.2) is 22.1 Å². The predicted molar refractivity (Wildman–Crippen MR) is 90.9 cm³/mol. The van der Waals surface area contributed by atoms with Crippen molar-refractivity contribution in [3.63, 3.8) is 0 Å². The highest BCUT2D eigenvalue weighted by Gasteiger charge is 2.18. The monoisotopic (exact) mass is 315 g/mol. The summed E-state index contributed by atoms with van der Waals surface area (Å²) < 4.78 is 5.72. The summed E-state index contributed by atoms with van der Waals surface area (Å²) in [7, 11) is 0. The van der Waals surface area contributed by atoms with Crippen LogP contribution in [0.5, 0.6) is 0 Å². The molecule has 1 aromatic rings. The van der Waals surface area contributed by atoms with Crippen molar-refractivity contribution in [2.45, 2.75) is 52.0 Å². The van der Waals surface area contributed by atoms with E-state index in [4.69, 9.17) is 4.42 Å². The molecule has 0 saturated heterocycles. The second-order valence-electron chi connectivity index (χ2n) is 5.83. The first-order valence-electron chi connectivity index (χ1n) is 8.45. The Labute approximate surface area is 138 Å². The van der Waals surface area contributed by atoms with E-state index in [1.807, 2.05) is 12.1 Å². The molecule has 1 aromatic heterocycles. The molecule has 5 nitrogen and oxygen atoms in total. The number of nitrogens with one attached hydrogen (secondary N) is 1. The normalized spacial score (nSPS) is 16.0. The molecular weight excluding hydrogens is 290 g/mol. The molecule has 5 heteroatoms. The van der Waals surface area contributed by atoms with Gasteiger partial charge < -0.3 is 14.6 Å². The number of hydrogen-bond acceptors (Lipinski definition) is 4. The smallest absolute Gasteiger partial charge is 0.262 e. The Bertz CT molecular complexity index is 588. The molecule has 1 amide bonds. The lowest BCUT2D eigenvalue weighted by Crippen LogP contribution is -2.36. The van der Waals surface area contributed by atoms with Gasteiger partial charge in [-0.05, 0) is 32.8 Å². The van der Waals surface area contributed by atoms with Crippen LogP contribution in [-0.4, -0.2) is 25.0 Å². The van der Waals surface area contributed by atoms with Gasteiger partial charge in [0, 0.05) is 31.3 Å². The lowest BCUT2D eigenvalue weighted by Gasteiger charge is -2.22. The summed E-state index contributed by atoms with van der Waals surface area (Å²) in [5.41, 5.74) is 0.0935. The van der Waals surface area contributed by atoms with Gasteiger partial charge in [-0.3, -0.25) is 4.79 Å². The molecule has 0 aromatic carbocycles. The summed E-state index contributed by atoms with van der Waals surface area (Å²) in [4.78, 5) is 14.3. The first-order chi connectivity index (χ1) is 11.2. The van der Waals surface area contributed by atoms with Gasteiger partial charge in [0.1, 0.15) is 17.4 Å². The van der Waals surface area contributed by atoms with Gasteiger partial charge >= 0.3 is 0 Å². The molecular formula is C18H25N3O2. The standard InChI is InChI=1S/C18H25N3O2/c1-3-21(4-2)17-11-10-16(23-17)12-14(13-19)18(22)20-15-8-6-5-7-9-15/h10-12,15H,3-9H2,1-2H3,(H,20,22)/b14-12-. The van der Waals surface area contributed by atoms with Crippen LogP contribution >= 0.6 is 0 Å². The van der Waals surface area contributed by atoms with Gasteiger partial charge in [0.05, 0.1) is 0 Å². The summed E-state index contributed by atoms with van der Waals surface area (Å²) >= 11 is 0. The van der Waals surface area contributed by atoms with Crippen LogP contribution in [0.4, 0.5) is 5.88 Å². The van der Waals surface area contributed by atoms with Crippen molar-refractivity contribution in [3.05, 3.63) is 23.5 Å². The molecule has 0 spiro atoms. The lowest BCUT2D eigenvalue weighted by molar-refractivity contribution is -0.117. The van der Waals surface area contributed by atoms with Crippen molar-refractivity contribution in [2.24, 2.45) is 0 Å². The summed E-state index contributed by atoms with van der Waals surface area (Å²) in [6.07, 6.45) is 7.03. The van der Waals surface area contributed by atoms with Gasteiger partial charge in [0.2, 0.25) is 0 Å². The number of carbonyl (C=O) groups is 1. The van der Waals surface area contributed by atoms with Crippen LogP contribution in [0.2, 0.25) is 0 Å². The Morgan fingerprint density at radius 1 is 1.35 bits per heavy atom. The quantitative estimate of drug-likeness (QED) is 0.644. The Balaban J connectivity index is 2.05. The first kappa shape index (κ1) is 17.1. The van der Waals surface area contributed by atoms with Gasteiger partial charge in [-0.1, -0.05) is 19.3 Å². The topological polar surface area (TPSA) is 69.3 Å². The van der Waals surface area contributed by atoms with Crippen molar-refractivity contribution in [1.29, 1.82) is 5.26 Å². The van der Waals surface area contributed by atoms with E-state index in [2.05, 4.69) is 24.1 Å². The molecule has 1 aliphatic carbocycles. The number of furan rings is 1. The first-order valence-corrected chi connectivity index (χ1v) is 8.45. The third kappa shape index (κ3) is 4.62. The number of amides is 1. The highest BCUT2D eigenvalue weighted by atomic mass is 16.4. The molecule has 0 unspecified atom stereocenters. The Hall–Kier alpha value is -2.22. The van der Waals surface area contributed by atoms with Crippen LogP contribution in [0.25, 0.3) is 6.08 Å². The Kier molecular flexibility index (Phi) is 6.28. The van der Waals surface area contributed by atoms with E-state index in [1.165, 1.54) is 12.5 Å². The number of anilines is 1. The molecule has 0 bridgehead atoms. The van der Waals surface area contributed by atoms with E-state index in [-0.39, 0.29) is 17.5 Å². The molecule has 0 atom stereocenters. The maximum Gasteiger partial charge on any atom is 0.262 e. The van der Waals surface area contributed by atoms with Crippen molar-refractivity contribution in [2.75, 3.05) is 18.0 Å². The predicted octanol–water partition coefficient (Wildman–Crippen LogP) is 3.48. The van der Waals surface area contributed by atoms with Crippen molar-refractivity contribution >= 4 is 17.9 Å². The Morgan fingerprint density at radius 3 is 2.65 bits per heavy atom. The van der Waals surface area contributed by atoms with Gasteiger partial charge in [-0.15, -0.1) is 0 Å². The molecule has 0 aliphatic heterocycles. The van der Waals surface area contributed by atoms with E-state index in [9.17, 15) is 10.1 Å². The van der Waals surface area contributed by atoms with Crippen molar-refractivity contribution < 1.29 is 9.21 Å². The highest BCUT2D eigenvalue weighted by molar-refractivity contribution is 6.01. The summed E-state index contributed by atoms with van der Waals surface area (Å²) in [5.74, 6) is 0.980. The molecule has 1 fully saturated rings. The van der Waals surface area contributed by atoms with Crippen LogP contribution in [0.3, 0.4) is 0 Å². The minimum atomic E-state index is -0.305. The molecule has 0 radical (unpaired) electrons. The number of nitrogens with zero attached hydrogens (tertiary/aromatic N) is 2. The summed E-state index contributed by atoms with van der Waals surface area (Å²) in [5, 5.41) is 12.2. The van der Waals surface area contributed by atoms with E-state index in [0.29, 0.717) is 5.76 Å². The number of rotatable bonds is 6. The largest absolute Gasteiger partial charge is 0.441 e. The molecule has 124 valence electrons. The van der Waals surface area contributed by atoms with Crippen LogP contribution in [0, 0.1) is 11.3 Å². The van der Waals surface area contributed by atoms with Crippen molar-refractivity contribution in [3.8, 4) is 6.07 Å². The molecule has 2 rings (SSSR count). The van der Waals surface area contributed by atoms with E-state index >= 15 is 0 Å². The van der Waals surface area contributed by atoms with E-state index < -0.39 is 0 Å². The highest BCUT2D eigenvalue weighted by Crippen LogP contribution is 2.21. The second kappa shape index (κ2) is 8.42. The maximum absolute atomic E-state index is 12.2. The van der Waals surface area contributed by atoms with Crippen molar-refractivity contribution in [1.82, 2.24) is 5.32 Å². The average Bonchev–Trinajstić information content (AvgIpc) is 3.03. The number of hydrogen-bond donors (Lipinski definition) is 1. The summed E-state index contributed by atoms with van der Waals surface area (Å²) in [6.45, 7) is 5.81. The zero-order valence-electron chi connectivity index (χ0n) is 14.0. The lowest BCUT2D eigenvalue weighted by atomic mass is 9.95. The maximum atomic E-state index is 12.2. The third-order valence-electron chi connectivity index (χ3n) is 4.28. The molecule has 1 heterocycles. The van der Waals surface area contributed by atoms with E-state index in [0.717, 1.165) is 44.7 Å². The van der Waals surface area contributed by atoms with Crippen LogP contribution in [-0.2, 0) is 4.79 Å². The number of nitriles is 1. The Morgan fingerprint density at radius 2 is 2.04 bits per heavy atom. The van der Waals surface area contributed by atoms with Crippen LogP contribution < -0.4 is 10.2 Å². The third-order valence-corrected chi connectivity index (χ3v) is 4.28. The molecule has 23 heavy (non-hydrogen) atoms. The minimum Gasteiger partial charge on any atom is -0.441 e. The van der Waals surface area contributed by atoms with Gasteiger partial charge in [-0.2, -0.15) is 5.26 Å². The number of carbonyl (C=O) groups excluding carboxylic acids is 1. The molecule has 1 N–H and O–H groups in total. The zero-order chi connectivity index (χ0) is 16.7. The fraction of sp³-hybridized carbons (Fsp3) is 0.556. The van der Waals surface area contributed by atoms with Crippen LogP contribution in [0.1, 0.15) is 51.7 Å². The fourth-order valence-corrected chi connectivity index (χ4v) is 2.93. The fourth-order valence-electron chi connectivity index (χ4n) is 2.93. The summed E-state index contributed by atoms with van der Waals surface area (Å²) in [6, 6.07) is 5.83. The van der Waals surface area contributed by atoms with E-state index in [1.54, 1.807) is 6.07 Å². The second-order valence-corrected chi connectivity index (χ2v) is 5.83. The molecule has 1 saturated carbocycles.